The highest BCUT2D eigenvalue weighted by atomic mass is 14.8. The fraction of sp³-hybridized carbons (Fsp3) is 0. The highest BCUT2D eigenvalue weighted by Gasteiger charge is 2.18. The van der Waals surface area contributed by atoms with Gasteiger partial charge in [-0.15, -0.1) is 0 Å². The molecule has 18 heavy (non-hydrogen) atoms. The summed E-state index contributed by atoms with van der Waals surface area (Å²) in [5.74, 6) is 0. The van der Waals surface area contributed by atoms with Crippen LogP contribution in [-0.4, -0.2) is 0 Å². The van der Waals surface area contributed by atoms with Gasteiger partial charge in [-0.3, -0.25) is 0 Å². The molecular weight excluding hydrogens is 228 g/mol. The third kappa shape index (κ3) is 1.51. The summed E-state index contributed by atoms with van der Waals surface area (Å²) in [5, 5.41) is 0. The number of benzene rings is 2. The number of rotatable bonds is 1. The molecule has 0 unspecified atom stereocenters. The van der Waals surface area contributed by atoms with Crippen LogP contribution in [0, 0.1) is 0 Å². The number of para-hydroxylation sites is 1. The molecule has 0 saturated heterocycles. The quantitative estimate of drug-likeness (QED) is 0.408. The molecular formula is C12H16N6. The molecule has 0 atom stereocenters. The fourth-order valence-electron chi connectivity index (χ4n) is 1.86. The van der Waals surface area contributed by atoms with Gasteiger partial charge in [0.2, 0.25) is 0 Å². The molecule has 0 fully saturated rings. The molecule has 0 spiro atoms. The van der Waals surface area contributed by atoms with Gasteiger partial charge in [-0.2, -0.15) is 0 Å². The molecule has 0 radical (unpaired) electrons. The van der Waals surface area contributed by atoms with Gasteiger partial charge in [0.05, 0.1) is 28.4 Å². The van der Waals surface area contributed by atoms with Crippen molar-refractivity contribution in [3.63, 3.8) is 0 Å². The molecule has 12 N–H and O–H groups in total. The summed E-state index contributed by atoms with van der Waals surface area (Å²) >= 11 is 0. The SMILES string of the molecule is Nc1ccccc1-c1c(N)c(N)c(N)c(N)c1N. The molecule has 0 aliphatic carbocycles. The number of nitrogen functional groups attached to an aromatic ring is 6. The largest absolute Gasteiger partial charge is 0.398 e. The molecule has 2 aromatic carbocycles. The summed E-state index contributed by atoms with van der Waals surface area (Å²) in [4.78, 5) is 0. The molecule has 0 amide bonds. The summed E-state index contributed by atoms with van der Waals surface area (Å²) in [7, 11) is 0. The minimum Gasteiger partial charge on any atom is -0.398 e. The predicted molar refractivity (Wildman–Crippen MR) is 78.4 cm³/mol. The van der Waals surface area contributed by atoms with Crippen molar-refractivity contribution in [2.75, 3.05) is 34.4 Å². The molecule has 0 aliphatic heterocycles. The van der Waals surface area contributed by atoms with Crippen molar-refractivity contribution >= 4 is 34.1 Å². The van der Waals surface area contributed by atoms with E-state index in [1.165, 1.54) is 0 Å². The van der Waals surface area contributed by atoms with Gasteiger partial charge in [-0.25, -0.2) is 0 Å². The Hall–Kier alpha value is -2.76. The lowest BCUT2D eigenvalue weighted by Crippen LogP contribution is -2.10. The van der Waals surface area contributed by atoms with E-state index in [1.807, 2.05) is 12.1 Å². The van der Waals surface area contributed by atoms with Crippen molar-refractivity contribution < 1.29 is 0 Å². The van der Waals surface area contributed by atoms with Gasteiger partial charge < -0.3 is 34.4 Å². The number of nitrogens with two attached hydrogens (primary N) is 6. The van der Waals surface area contributed by atoms with Crippen molar-refractivity contribution in [3.05, 3.63) is 24.3 Å². The number of anilines is 6. The van der Waals surface area contributed by atoms with Gasteiger partial charge in [0, 0.05) is 16.8 Å². The summed E-state index contributed by atoms with van der Waals surface area (Å²) in [6.45, 7) is 0. The summed E-state index contributed by atoms with van der Waals surface area (Å²) in [5.41, 5.74) is 38.1. The maximum atomic E-state index is 5.96. The van der Waals surface area contributed by atoms with Gasteiger partial charge >= 0.3 is 0 Å². The molecule has 0 saturated carbocycles. The maximum absolute atomic E-state index is 5.96. The average Bonchev–Trinajstić information content (AvgIpc) is 2.36. The monoisotopic (exact) mass is 244 g/mol. The normalized spacial score (nSPS) is 10.4. The van der Waals surface area contributed by atoms with Crippen molar-refractivity contribution in [2.45, 2.75) is 0 Å². The van der Waals surface area contributed by atoms with Gasteiger partial charge in [-0.05, 0) is 6.07 Å². The fourth-order valence-corrected chi connectivity index (χ4v) is 1.86. The maximum Gasteiger partial charge on any atom is 0.0824 e. The van der Waals surface area contributed by atoms with Gasteiger partial charge in [0.1, 0.15) is 0 Å². The van der Waals surface area contributed by atoms with E-state index in [-0.39, 0.29) is 28.4 Å². The molecule has 0 aliphatic rings. The topological polar surface area (TPSA) is 156 Å². The van der Waals surface area contributed by atoms with Gasteiger partial charge in [0.25, 0.3) is 0 Å². The first-order chi connectivity index (χ1) is 8.45. The molecule has 94 valence electrons. The van der Waals surface area contributed by atoms with Crippen LogP contribution in [0.3, 0.4) is 0 Å². The lowest BCUT2D eigenvalue weighted by molar-refractivity contribution is 1.58. The Morgan fingerprint density at radius 1 is 0.556 bits per heavy atom. The summed E-state index contributed by atoms with van der Waals surface area (Å²) in [6, 6.07) is 7.19. The number of hydrogen-bond donors (Lipinski definition) is 6. The Morgan fingerprint density at radius 2 is 1.00 bits per heavy atom. The van der Waals surface area contributed by atoms with Gasteiger partial charge in [0.15, 0.2) is 0 Å². The number of hydrogen-bond acceptors (Lipinski definition) is 6. The van der Waals surface area contributed by atoms with Crippen molar-refractivity contribution in [2.24, 2.45) is 0 Å². The van der Waals surface area contributed by atoms with Crippen molar-refractivity contribution in [3.8, 4) is 11.1 Å². The molecule has 6 heteroatoms. The second-order valence-electron chi connectivity index (χ2n) is 4.03. The molecule has 0 heterocycles. The first-order valence-corrected chi connectivity index (χ1v) is 5.31. The first-order valence-electron chi connectivity index (χ1n) is 5.31. The predicted octanol–water partition coefficient (Wildman–Crippen LogP) is 0.847. The molecule has 6 nitrogen and oxygen atoms in total. The molecule has 2 rings (SSSR count). The van der Waals surface area contributed by atoms with E-state index < -0.39 is 0 Å². The molecule has 0 bridgehead atoms. The first kappa shape index (κ1) is 11.7. The lowest BCUT2D eigenvalue weighted by atomic mass is 9.97. The third-order valence-electron chi connectivity index (χ3n) is 2.93. The summed E-state index contributed by atoms with van der Waals surface area (Å²) in [6.07, 6.45) is 0. The Balaban J connectivity index is 2.85. The Labute approximate surface area is 105 Å². The van der Waals surface area contributed by atoms with E-state index in [2.05, 4.69) is 0 Å². The van der Waals surface area contributed by atoms with E-state index in [0.29, 0.717) is 16.8 Å². The van der Waals surface area contributed by atoms with E-state index in [9.17, 15) is 0 Å². The highest BCUT2D eigenvalue weighted by molar-refractivity contribution is 6.07. The van der Waals surface area contributed by atoms with Crippen LogP contribution < -0.4 is 34.4 Å². The Kier molecular flexibility index (Phi) is 2.55. The lowest BCUT2D eigenvalue weighted by Gasteiger charge is -2.18. The standard InChI is InChI=1S/C12H16N6/c13-6-4-2-1-3-5(6)7-8(14)10(16)12(18)11(17)9(7)15/h1-4H,13-18H2. The van der Waals surface area contributed by atoms with Crippen LogP contribution in [0.25, 0.3) is 11.1 Å². The zero-order chi connectivity index (χ0) is 13.4. The minimum absolute atomic E-state index is 0.197. The Morgan fingerprint density at radius 3 is 1.50 bits per heavy atom. The van der Waals surface area contributed by atoms with Crippen LogP contribution in [0.5, 0.6) is 0 Å². The Bertz CT molecular complexity index is 591. The second kappa shape index (κ2) is 3.92. The van der Waals surface area contributed by atoms with Crippen LogP contribution in [-0.2, 0) is 0 Å². The molecule has 0 aromatic heterocycles. The van der Waals surface area contributed by atoms with Crippen LogP contribution in [0.1, 0.15) is 0 Å². The van der Waals surface area contributed by atoms with Crippen LogP contribution in [0.2, 0.25) is 0 Å². The van der Waals surface area contributed by atoms with E-state index in [4.69, 9.17) is 34.4 Å². The minimum atomic E-state index is 0.197. The van der Waals surface area contributed by atoms with Crippen molar-refractivity contribution in [1.29, 1.82) is 0 Å². The van der Waals surface area contributed by atoms with E-state index >= 15 is 0 Å². The van der Waals surface area contributed by atoms with Gasteiger partial charge in [-0.1, -0.05) is 18.2 Å². The van der Waals surface area contributed by atoms with Crippen LogP contribution in [0.4, 0.5) is 34.1 Å². The zero-order valence-electron chi connectivity index (χ0n) is 9.77. The molecule has 2 aromatic rings. The third-order valence-corrected chi connectivity index (χ3v) is 2.93. The van der Waals surface area contributed by atoms with Crippen LogP contribution in [0.15, 0.2) is 24.3 Å². The zero-order valence-corrected chi connectivity index (χ0v) is 9.77. The summed E-state index contributed by atoms with van der Waals surface area (Å²) < 4.78 is 0. The van der Waals surface area contributed by atoms with Crippen molar-refractivity contribution in [1.82, 2.24) is 0 Å². The second-order valence-corrected chi connectivity index (χ2v) is 4.03. The smallest absolute Gasteiger partial charge is 0.0824 e. The highest BCUT2D eigenvalue weighted by Crippen LogP contribution is 2.45. The average molecular weight is 244 g/mol. The van der Waals surface area contributed by atoms with Crippen LogP contribution >= 0.6 is 0 Å². The van der Waals surface area contributed by atoms with E-state index in [1.54, 1.807) is 12.1 Å². The van der Waals surface area contributed by atoms with E-state index in [0.717, 1.165) is 0 Å².